The van der Waals surface area contributed by atoms with E-state index in [2.05, 4.69) is 4.98 Å². The van der Waals surface area contributed by atoms with E-state index in [1.165, 1.54) is 4.57 Å². The quantitative estimate of drug-likeness (QED) is 0.866. The normalized spacial score (nSPS) is 20.1. The van der Waals surface area contributed by atoms with E-state index in [0.29, 0.717) is 13.1 Å². The monoisotopic (exact) mass is 289 g/mol. The first-order chi connectivity index (χ1) is 10.1. The second kappa shape index (κ2) is 5.37. The maximum Gasteiger partial charge on any atom is 0.326 e. The van der Waals surface area contributed by atoms with Gasteiger partial charge >= 0.3 is 5.69 Å². The van der Waals surface area contributed by atoms with E-state index in [-0.39, 0.29) is 24.1 Å². The van der Waals surface area contributed by atoms with Crippen LogP contribution in [-0.4, -0.2) is 44.7 Å². The van der Waals surface area contributed by atoms with Crippen LogP contribution >= 0.6 is 0 Å². The molecule has 0 spiro atoms. The zero-order valence-electron chi connectivity index (χ0n) is 12.0. The standard InChI is InChI=1S/C15H19N3O3/c1-10(19)11-6-7-17(8-11)14(20)9-18-13-5-3-2-4-12(13)16-15(18)21/h2-5,10-11,19H,6-9H2,1H3,(H,16,21). The predicted molar refractivity (Wildman–Crippen MR) is 78.9 cm³/mol. The van der Waals surface area contributed by atoms with Gasteiger partial charge in [-0.25, -0.2) is 4.79 Å². The average Bonchev–Trinajstić information content (AvgIpc) is 3.05. The van der Waals surface area contributed by atoms with Gasteiger partial charge in [-0.05, 0) is 25.5 Å². The summed E-state index contributed by atoms with van der Waals surface area (Å²) in [6.45, 7) is 3.00. The number of nitrogens with zero attached hydrogens (tertiary/aromatic N) is 2. The summed E-state index contributed by atoms with van der Waals surface area (Å²) in [4.78, 5) is 28.8. The molecule has 2 atom stereocenters. The highest BCUT2D eigenvalue weighted by Gasteiger charge is 2.29. The molecule has 0 radical (unpaired) electrons. The van der Waals surface area contributed by atoms with Crippen molar-refractivity contribution < 1.29 is 9.90 Å². The third-order valence-electron chi connectivity index (χ3n) is 4.23. The number of amides is 1. The van der Waals surface area contributed by atoms with Crippen LogP contribution in [0.15, 0.2) is 29.1 Å². The Kier molecular flexibility index (Phi) is 3.55. The average molecular weight is 289 g/mol. The van der Waals surface area contributed by atoms with Crippen molar-refractivity contribution in [2.75, 3.05) is 13.1 Å². The molecule has 3 rings (SSSR count). The van der Waals surface area contributed by atoms with Gasteiger partial charge in [0, 0.05) is 19.0 Å². The number of aliphatic hydroxyl groups excluding tert-OH is 1. The topological polar surface area (TPSA) is 78.3 Å². The minimum atomic E-state index is -0.404. The molecule has 1 amide bonds. The van der Waals surface area contributed by atoms with Crippen LogP contribution in [0.3, 0.4) is 0 Å². The number of benzene rings is 1. The Morgan fingerprint density at radius 1 is 1.48 bits per heavy atom. The Hall–Kier alpha value is -2.08. The fourth-order valence-electron chi connectivity index (χ4n) is 2.91. The van der Waals surface area contributed by atoms with Gasteiger partial charge < -0.3 is 15.0 Å². The molecule has 112 valence electrons. The number of H-pyrrole nitrogens is 1. The van der Waals surface area contributed by atoms with Crippen LogP contribution in [0.1, 0.15) is 13.3 Å². The first-order valence-corrected chi connectivity index (χ1v) is 7.19. The van der Waals surface area contributed by atoms with Crippen LogP contribution in [-0.2, 0) is 11.3 Å². The third kappa shape index (κ3) is 2.58. The molecule has 0 saturated carbocycles. The largest absolute Gasteiger partial charge is 0.393 e. The van der Waals surface area contributed by atoms with E-state index in [1.54, 1.807) is 11.8 Å². The minimum absolute atomic E-state index is 0.0371. The van der Waals surface area contributed by atoms with Gasteiger partial charge in [-0.1, -0.05) is 12.1 Å². The highest BCUT2D eigenvalue weighted by atomic mass is 16.3. The summed E-state index contributed by atoms with van der Waals surface area (Å²) in [5.41, 5.74) is 1.21. The van der Waals surface area contributed by atoms with Gasteiger partial charge in [0.1, 0.15) is 6.54 Å². The van der Waals surface area contributed by atoms with E-state index in [9.17, 15) is 14.7 Å². The first kappa shape index (κ1) is 13.9. The Morgan fingerprint density at radius 3 is 2.95 bits per heavy atom. The number of carbonyl (C=O) groups is 1. The lowest BCUT2D eigenvalue weighted by Gasteiger charge is -2.18. The Bertz CT molecular complexity index is 716. The lowest BCUT2D eigenvalue weighted by Crippen LogP contribution is -2.35. The summed E-state index contributed by atoms with van der Waals surface area (Å²) in [5, 5.41) is 9.60. The molecule has 0 bridgehead atoms. The second-order valence-electron chi connectivity index (χ2n) is 5.66. The number of nitrogens with one attached hydrogen (secondary N) is 1. The number of rotatable bonds is 3. The van der Waals surface area contributed by atoms with Gasteiger partial charge in [-0.2, -0.15) is 0 Å². The molecule has 1 aliphatic heterocycles. The molecule has 2 heterocycles. The molecule has 2 unspecified atom stereocenters. The number of hydrogen-bond acceptors (Lipinski definition) is 3. The SMILES string of the molecule is CC(O)C1CCN(C(=O)Cn2c(=O)[nH]c3ccccc32)C1. The summed E-state index contributed by atoms with van der Waals surface area (Å²) >= 11 is 0. The van der Waals surface area contributed by atoms with Crippen LogP contribution in [0.25, 0.3) is 11.0 Å². The van der Waals surface area contributed by atoms with E-state index in [1.807, 2.05) is 24.3 Å². The number of fused-ring (bicyclic) bond motifs is 1. The number of aromatic nitrogens is 2. The molecule has 1 fully saturated rings. The number of hydrogen-bond donors (Lipinski definition) is 2. The lowest BCUT2D eigenvalue weighted by atomic mass is 10.0. The molecule has 1 aliphatic rings. The summed E-state index contributed by atoms with van der Waals surface area (Å²) in [5.74, 6) is 0.0543. The maximum absolute atomic E-state index is 12.3. The van der Waals surface area contributed by atoms with Crippen molar-refractivity contribution in [1.29, 1.82) is 0 Å². The molecule has 0 aliphatic carbocycles. The van der Waals surface area contributed by atoms with Crippen molar-refractivity contribution in [3.63, 3.8) is 0 Å². The number of likely N-dealkylation sites (tertiary alicyclic amines) is 1. The third-order valence-corrected chi connectivity index (χ3v) is 4.23. The van der Waals surface area contributed by atoms with Crippen LogP contribution in [0.2, 0.25) is 0 Å². The zero-order chi connectivity index (χ0) is 15.0. The molecular weight excluding hydrogens is 270 g/mol. The van der Waals surface area contributed by atoms with Crippen LogP contribution in [0, 0.1) is 5.92 Å². The maximum atomic E-state index is 12.3. The van der Waals surface area contributed by atoms with Gasteiger partial charge in [0.15, 0.2) is 0 Å². The number of imidazole rings is 1. The molecule has 21 heavy (non-hydrogen) atoms. The Labute approximate surface area is 122 Å². The van der Waals surface area contributed by atoms with Gasteiger partial charge in [0.2, 0.25) is 5.91 Å². The molecule has 1 saturated heterocycles. The van der Waals surface area contributed by atoms with Crippen LogP contribution in [0.4, 0.5) is 0 Å². The van der Waals surface area contributed by atoms with Crippen molar-refractivity contribution in [3.8, 4) is 0 Å². The van der Waals surface area contributed by atoms with Crippen molar-refractivity contribution in [2.24, 2.45) is 5.92 Å². The van der Waals surface area contributed by atoms with Crippen molar-refractivity contribution >= 4 is 16.9 Å². The van der Waals surface area contributed by atoms with Gasteiger partial charge in [-0.3, -0.25) is 9.36 Å². The first-order valence-electron chi connectivity index (χ1n) is 7.19. The van der Waals surface area contributed by atoms with Crippen molar-refractivity contribution in [1.82, 2.24) is 14.5 Å². The molecule has 1 aromatic carbocycles. The predicted octanol–water partition coefficient (Wildman–Crippen LogP) is 0.559. The fourth-order valence-corrected chi connectivity index (χ4v) is 2.91. The zero-order valence-corrected chi connectivity index (χ0v) is 12.0. The smallest absolute Gasteiger partial charge is 0.326 e. The van der Waals surface area contributed by atoms with Crippen molar-refractivity contribution in [2.45, 2.75) is 26.0 Å². The minimum Gasteiger partial charge on any atom is -0.393 e. The van der Waals surface area contributed by atoms with Gasteiger partial charge in [-0.15, -0.1) is 0 Å². The number of aromatic amines is 1. The van der Waals surface area contributed by atoms with Crippen molar-refractivity contribution in [3.05, 3.63) is 34.7 Å². The van der Waals surface area contributed by atoms with E-state index < -0.39 is 6.10 Å². The molecule has 2 N–H and O–H groups in total. The lowest BCUT2D eigenvalue weighted by molar-refractivity contribution is -0.131. The second-order valence-corrected chi connectivity index (χ2v) is 5.66. The Balaban J connectivity index is 1.78. The summed E-state index contributed by atoms with van der Waals surface area (Å²) < 4.78 is 1.47. The van der Waals surface area contributed by atoms with Crippen LogP contribution in [0.5, 0.6) is 0 Å². The summed E-state index contributed by atoms with van der Waals surface area (Å²) in [7, 11) is 0. The number of carbonyl (C=O) groups excluding carboxylic acids is 1. The summed E-state index contributed by atoms with van der Waals surface area (Å²) in [6.07, 6.45) is 0.408. The molecule has 6 nitrogen and oxygen atoms in total. The number of aliphatic hydroxyl groups is 1. The molecular formula is C15H19N3O3. The highest BCUT2D eigenvalue weighted by molar-refractivity contribution is 5.80. The molecule has 2 aromatic rings. The highest BCUT2D eigenvalue weighted by Crippen LogP contribution is 2.20. The van der Waals surface area contributed by atoms with Gasteiger partial charge in [0.25, 0.3) is 0 Å². The van der Waals surface area contributed by atoms with Crippen LogP contribution < -0.4 is 5.69 Å². The van der Waals surface area contributed by atoms with E-state index >= 15 is 0 Å². The van der Waals surface area contributed by atoms with E-state index in [4.69, 9.17) is 0 Å². The van der Waals surface area contributed by atoms with E-state index in [0.717, 1.165) is 17.5 Å². The fraction of sp³-hybridized carbons (Fsp3) is 0.467. The Morgan fingerprint density at radius 2 is 2.24 bits per heavy atom. The number of para-hydroxylation sites is 2. The van der Waals surface area contributed by atoms with Gasteiger partial charge in [0.05, 0.1) is 17.1 Å². The molecule has 6 heteroatoms. The summed E-state index contributed by atoms with van der Waals surface area (Å²) in [6, 6.07) is 7.33. The molecule has 1 aromatic heterocycles.